The molecule has 0 aliphatic carbocycles. The highest BCUT2D eigenvalue weighted by atomic mass is 32.2. The van der Waals surface area contributed by atoms with E-state index in [0.717, 1.165) is 41.5 Å². The van der Waals surface area contributed by atoms with Gasteiger partial charge in [-0.1, -0.05) is 66.7 Å². The largest absolute Gasteiger partial charge is 0.491 e. The lowest BCUT2D eigenvalue weighted by Crippen LogP contribution is -2.42. The van der Waals surface area contributed by atoms with Crippen LogP contribution in [0.25, 0.3) is 10.8 Å². The van der Waals surface area contributed by atoms with E-state index in [-0.39, 0.29) is 6.61 Å². The van der Waals surface area contributed by atoms with Crippen molar-refractivity contribution in [1.82, 2.24) is 9.62 Å². The van der Waals surface area contributed by atoms with E-state index in [4.69, 9.17) is 9.47 Å². The van der Waals surface area contributed by atoms with E-state index in [0.29, 0.717) is 42.8 Å². The molecule has 1 fully saturated rings. The Hall–Kier alpha value is -3.43. The zero-order chi connectivity index (χ0) is 27.8. The average Bonchev–Trinajstić information content (AvgIpc) is 3.00. The molecule has 40 heavy (non-hydrogen) atoms. The summed E-state index contributed by atoms with van der Waals surface area (Å²) < 4.78 is 39.9. The fourth-order valence-corrected chi connectivity index (χ4v) is 6.68. The highest BCUT2D eigenvalue weighted by Gasteiger charge is 2.30. The van der Waals surface area contributed by atoms with E-state index in [1.807, 2.05) is 84.9 Å². The third kappa shape index (κ3) is 7.20. The molecule has 0 aromatic heterocycles. The summed E-state index contributed by atoms with van der Waals surface area (Å²) in [5.41, 5.74) is 1.11. The van der Waals surface area contributed by atoms with Gasteiger partial charge in [0.1, 0.15) is 30.8 Å². The second-order valence-corrected chi connectivity index (χ2v) is 12.1. The maximum Gasteiger partial charge on any atom is 0.243 e. The second kappa shape index (κ2) is 13.3. The number of hydrogen-bond donors (Lipinski definition) is 2. The molecule has 0 saturated carbocycles. The molecule has 5 rings (SSSR count). The summed E-state index contributed by atoms with van der Waals surface area (Å²) in [7, 11) is -3.55. The fraction of sp³-hybridized carbons (Fsp3) is 0.312. The molecule has 8 heteroatoms. The van der Waals surface area contributed by atoms with Crippen LogP contribution in [0.5, 0.6) is 11.5 Å². The van der Waals surface area contributed by atoms with Gasteiger partial charge in [-0.25, -0.2) is 8.42 Å². The number of aliphatic hydroxyl groups excluding tert-OH is 1. The highest BCUT2D eigenvalue weighted by molar-refractivity contribution is 7.89. The van der Waals surface area contributed by atoms with E-state index < -0.39 is 16.1 Å². The highest BCUT2D eigenvalue weighted by Crippen LogP contribution is 2.28. The molecule has 2 N–H and O–H groups in total. The SMILES string of the molecule is O=S(=O)(c1cccc2ccccc12)N1CCC(CNC[C@H](O)COc2ccc(OCc3ccccc3)cc2)CC1. The van der Waals surface area contributed by atoms with Gasteiger partial charge in [0.2, 0.25) is 10.0 Å². The Morgan fingerprint density at radius 1 is 0.825 bits per heavy atom. The Labute approximate surface area is 236 Å². The molecule has 210 valence electrons. The minimum absolute atomic E-state index is 0.180. The predicted octanol–water partition coefficient (Wildman–Crippen LogP) is 4.85. The minimum atomic E-state index is -3.55. The summed E-state index contributed by atoms with van der Waals surface area (Å²) >= 11 is 0. The number of fused-ring (bicyclic) bond motifs is 1. The van der Waals surface area contributed by atoms with Crippen molar-refractivity contribution >= 4 is 20.8 Å². The number of nitrogens with one attached hydrogen (secondary N) is 1. The first-order chi connectivity index (χ1) is 19.5. The molecule has 0 amide bonds. The number of piperidine rings is 1. The van der Waals surface area contributed by atoms with Crippen molar-refractivity contribution in [3.63, 3.8) is 0 Å². The van der Waals surface area contributed by atoms with Gasteiger partial charge in [-0.3, -0.25) is 0 Å². The molecular formula is C32H36N2O5S. The van der Waals surface area contributed by atoms with Gasteiger partial charge in [0, 0.05) is 25.0 Å². The molecule has 1 heterocycles. The molecule has 4 aromatic rings. The monoisotopic (exact) mass is 560 g/mol. The van der Waals surface area contributed by atoms with Crippen LogP contribution in [-0.4, -0.2) is 56.7 Å². The van der Waals surface area contributed by atoms with Crippen LogP contribution in [0.15, 0.2) is 102 Å². The van der Waals surface area contributed by atoms with Crippen LogP contribution < -0.4 is 14.8 Å². The number of hydrogen-bond acceptors (Lipinski definition) is 6. The van der Waals surface area contributed by atoms with Gasteiger partial charge in [0.15, 0.2) is 0 Å². The van der Waals surface area contributed by atoms with Gasteiger partial charge in [-0.2, -0.15) is 4.31 Å². The number of sulfonamides is 1. The lowest BCUT2D eigenvalue weighted by Gasteiger charge is -2.31. The maximum absolute atomic E-state index is 13.4. The van der Waals surface area contributed by atoms with Crippen LogP contribution >= 0.6 is 0 Å². The van der Waals surface area contributed by atoms with Crippen molar-refractivity contribution in [2.24, 2.45) is 5.92 Å². The summed E-state index contributed by atoms with van der Waals surface area (Å²) in [6, 6.07) is 30.4. The van der Waals surface area contributed by atoms with Crippen molar-refractivity contribution in [2.75, 3.05) is 32.8 Å². The van der Waals surface area contributed by atoms with Crippen LogP contribution in [0.3, 0.4) is 0 Å². The zero-order valence-corrected chi connectivity index (χ0v) is 23.3. The Balaban J connectivity index is 1.01. The quantitative estimate of drug-likeness (QED) is 0.258. The molecule has 7 nitrogen and oxygen atoms in total. The Morgan fingerprint density at radius 2 is 1.48 bits per heavy atom. The van der Waals surface area contributed by atoms with Gasteiger partial charge in [-0.15, -0.1) is 0 Å². The van der Waals surface area contributed by atoms with Gasteiger partial charge in [0.25, 0.3) is 0 Å². The standard InChI is InChI=1S/C32H36N2O5S/c35-28(24-39-30-15-13-29(14-16-30)38-23-26-7-2-1-3-8-26)22-33-21-25-17-19-34(20-18-25)40(36,37)32-12-6-10-27-9-4-5-11-31(27)32/h1-16,25,28,33,35H,17-24H2/t28-/m0/s1. The first-order valence-corrected chi connectivity index (χ1v) is 15.2. The lowest BCUT2D eigenvalue weighted by atomic mass is 9.98. The van der Waals surface area contributed by atoms with Crippen molar-refractivity contribution in [2.45, 2.75) is 30.4 Å². The Morgan fingerprint density at radius 3 is 2.23 bits per heavy atom. The molecule has 1 aliphatic rings. The van der Waals surface area contributed by atoms with E-state index >= 15 is 0 Å². The van der Waals surface area contributed by atoms with Gasteiger partial charge in [-0.05, 0) is 66.6 Å². The minimum Gasteiger partial charge on any atom is -0.491 e. The van der Waals surface area contributed by atoms with E-state index in [2.05, 4.69) is 5.32 Å². The van der Waals surface area contributed by atoms with Crippen LogP contribution in [0.4, 0.5) is 0 Å². The molecular weight excluding hydrogens is 524 g/mol. The first-order valence-electron chi connectivity index (χ1n) is 13.8. The van der Waals surface area contributed by atoms with E-state index in [1.54, 1.807) is 16.4 Å². The van der Waals surface area contributed by atoms with Crippen molar-refractivity contribution in [3.8, 4) is 11.5 Å². The molecule has 4 aromatic carbocycles. The number of nitrogens with zero attached hydrogens (tertiary/aromatic N) is 1. The summed E-state index contributed by atoms with van der Waals surface area (Å²) in [5.74, 6) is 1.79. The van der Waals surface area contributed by atoms with Gasteiger partial charge < -0.3 is 19.9 Å². The lowest BCUT2D eigenvalue weighted by molar-refractivity contribution is 0.104. The summed E-state index contributed by atoms with van der Waals surface area (Å²) in [4.78, 5) is 0.375. The first kappa shape index (κ1) is 28.1. The Bertz CT molecular complexity index is 1470. The molecule has 0 bridgehead atoms. The van der Waals surface area contributed by atoms with E-state index in [9.17, 15) is 13.5 Å². The van der Waals surface area contributed by atoms with Crippen molar-refractivity contribution in [3.05, 3.63) is 103 Å². The van der Waals surface area contributed by atoms with Gasteiger partial charge >= 0.3 is 0 Å². The van der Waals surface area contributed by atoms with E-state index in [1.165, 1.54) is 0 Å². The van der Waals surface area contributed by atoms with Crippen molar-refractivity contribution < 1.29 is 23.0 Å². The Kier molecular flexibility index (Phi) is 9.34. The molecule has 0 spiro atoms. The number of rotatable bonds is 12. The average molecular weight is 561 g/mol. The van der Waals surface area contributed by atoms with Crippen LogP contribution in [0.2, 0.25) is 0 Å². The van der Waals surface area contributed by atoms with Gasteiger partial charge in [0.05, 0.1) is 4.90 Å². The summed E-state index contributed by atoms with van der Waals surface area (Å²) in [6.07, 6.45) is 0.908. The number of ether oxygens (including phenoxy) is 2. The number of aliphatic hydroxyl groups is 1. The fourth-order valence-electron chi connectivity index (χ4n) is 4.99. The molecule has 0 unspecified atom stereocenters. The molecule has 0 radical (unpaired) electrons. The third-order valence-electron chi connectivity index (χ3n) is 7.27. The van der Waals surface area contributed by atoms with Crippen molar-refractivity contribution in [1.29, 1.82) is 0 Å². The third-order valence-corrected chi connectivity index (χ3v) is 9.23. The predicted molar refractivity (Wildman–Crippen MR) is 157 cm³/mol. The molecule has 1 saturated heterocycles. The van der Waals surface area contributed by atoms with Crippen LogP contribution in [0.1, 0.15) is 18.4 Å². The van der Waals surface area contributed by atoms with Crippen LogP contribution in [0, 0.1) is 5.92 Å². The number of benzene rings is 4. The maximum atomic E-state index is 13.4. The summed E-state index contributed by atoms with van der Waals surface area (Å²) in [6.45, 7) is 2.81. The second-order valence-electron chi connectivity index (χ2n) is 10.2. The molecule has 1 aliphatic heterocycles. The molecule has 1 atom stereocenters. The normalized spacial score (nSPS) is 15.6. The smallest absolute Gasteiger partial charge is 0.243 e. The summed E-state index contributed by atoms with van der Waals surface area (Å²) in [5, 5.41) is 15.4. The zero-order valence-electron chi connectivity index (χ0n) is 22.5. The topological polar surface area (TPSA) is 88.1 Å². The van der Waals surface area contributed by atoms with Crippen LogP contribution in [-0.2, 0) is 16.6 Å².